The zero-order valence-corrected chi connectivity index (χ0v) is 12.9. The van der Waals surface area contributed by atoms with E-state index in [9.17, 15) is 14.4 Å². The highest BCUT2D eigenvalue weighted by Gasteiger charge is 2.34. The fourth-order valence-electron chi connectivity index (χ4n) is 2.63. The third-order valence-electron chi connectivity index (χ3n) is 3.65. The molecule has 24 heavy (non-hydrogen) atoms. The summed E-state index contributed by atoms with van der Waals surface area (Å²) < 4.78 is 0. The van der Waals surface area contributed by atoms with Crippen LogP contribution in [-0.2, 0) is 11.2 Å². The Morgan fingerprint density at radius 2 is 2.00 bits per heavy atom. The fourth-order valence-corrected chi connectivity index (χ4v) is 2.63. The Morgan fingerprint density at radius 3 is 2.67 bits per heavy atom. The molecule has 2 aromatic rings. The average molecular weight is 322 g/mol. The topological polar surface area (TPSA) is 115 Å². The molecule has 1 heterocycles. The van der Waals surface area contributed by atoms with Crippen molar-refractivity contribution in [3.63, 3.8) is 0 Å². The molecule has 0 aliphatic heterocycles. The van der Waals surface area contributed by atoms with Crippen LogP contribution < -0.4 is 11.1 Å². The molecule has 1 aromatic carbocycles. The molecule has 0 radical (unpaired) electrons. The molecule has 0 bridgehead atoms. The van der Waals surface area contributed by atoms with Gasteiger partial charge in [-0.3, -0.25) is 24.4 Å². The number of nitrogens with zero attached hydrogens (tertiary/aromatic N) is 2. The summed E-state index contributed by atoms with van der Waals surface area (Å²) in [7, 11) is 0. The molecular formula is C17H14N4O3. The van der Waals surface area contributed by atoms with E-state index in [1.165, 1.54) is 31.6 Å². The Kier molecular flexibility index (Phi) is 3.91. The second-order valence-electron chi connectivity index (χ2n) is 5.34. The van der Waals surface area contributed by atoms with Crippen LogP contribution in [0.3, 0.4) is 0 Å². The van der Waals surface area contributed by atoms with E-state index in [0.717, 1.165) is 0 Å². The standard InChI is InChI=1S/C17H14N4O3/c1-9(22)21-15-12(7-10-8-19-5-6-20-10)16(23)14-11(17(15)24)3-2-4-13(14)18/h2-6,8H,7,18H2,1H3,(H,21,22). The number of Topliss-reactive ketones (excluding diaryl/α,β-unsaturated/α-hetero) is 2. The first-order valence-electron chi connectivity index (χ1n) is 7.22. The maximum absolute atomic E-state index is 12.9. The minimum absolute atomic E-state index is 0.0312. The molecule has 0 spiro atoms. The van der Waals surface area contributed by atoms with E-state index >= 15 is 0 Å². The zero-order chi connectivity index (χ0) is 17.3. The fraction of sp³-hybridized carbons (Fsp3) is 0.118. The molecule has 0 atom stereocenters. The number of carbonyl (C=O) groups excluding carboxylic acids is 3. The molecule has 1 aliphatic carbocycles. The van der Waals surface area contributed by atoms with E-state index in [2.05, 4.69) is 15.3 Å². The van der Waals surface area contributed by atoms with Crippen molar-refractivity contribution in [2.24, 2.45) is 0 Å². The van der Waals surface area contributed by atoms with Crippen molar-refractivity contribution in [3.8, 4) is 0 Å². The van der Waals surface area contributed by atoms with Gasteiger partial charge in [0.1, 0.15) is 0 Å². The van der Waals surface area contributed by atoms with Gasteiger partial charge in [-0.15, -0.1) is 0 Å². The van der Waals surface area contributed by atoms with Crippen molar-refractivity contribution in [2.45, 2.75) is 13.3 Å². The number of anilines is 1. The Bertz CT molecular complexity index is 888. The number of allylic oxidation sites excluding steroid dienone is 2. The number of fused-ring (bicyclic) bond motifs is 1. The lowest BCUT2D eigenvalue weighted by Crippen LogP contribution is -2.34. The molecule has 0 saturated heterocycles. The SMILES string of the molecule is CC(=O)NC1=C(Cc2cnccn2)C(=O)c2c(N)cccc2C1=O. The number of amides is 1. The van der Waals surface area contributed by atoms with E-state index in [-0.39, 0.29) is 34.5 Å². The first-order valence-corrected chi connectivity index (χ1v) is 7.22. The van der Waals surface area contributed by atoms with Gasteiger partial charge in [-0.25, -0.2) is 0 Å². The van der Waals surface area contributed by atoms with Gasteiger partial charge in [0, 0.05) is 48.8 Å². The lowest BCUT2D eigenvalue weighted by Gasteiger charge is -2.22. The highest BCUT2D eigenvalue weighted by molar-refractivity contribution is 6.29. The predicted octanol–water partition coefficient (Wildman–Crippen LogP) is 1.07. The lowest BCUT2D eigenvalue weighted by atomic mass is 9.84. The summed E-state index contributed by atoms with van der Waals surface area (Å²) in [4.78, 5) is 45.2. The summed E-state index contributed by atoms with van der Waals surface area (Å²) >= 11 is 0. The van der Waals surface area contributed by atoms with E-state index in [1.54, 1.807) is 12.1 Å². The molecule has 120 valence electrons. The number of nitrogens with two attached hydrogens (primary N) is 1. The summed E-state index contributed by atoms with van der Waals surface area (Å²) in [5, 5.41) is 2.47. The number of hydrogen-bond acceptors (Lipinski definition) is 6. The van der Waals surface area contributed by atoms with Crippen LogP contribution in [0.4, 0.5) is 5.69 Å². The zero-order valence-electron chi connectivity index (χ0n) is 12.9. The Hall–Kier alpha value is -3.35. The number of carbonyl (C=O) groups is 3. The van der Waals surface area contributed by atoms with Crippen molar-refractivity contribution in [3.05, 3.63) is 64.9 Å². The molecule has 0 saturated carbocycles. The number of aromatic nitrogens is 2. The number of hydrogen-bond donors (Lipinski definition) is 2. The van der Waals surface area contributed by atoms with Gasteiger partial charge in [-0.2, -0.15) is 0 Å². The van der Waals surface area contributed by atoms with Crippen molar-refractivity contribution in [2.75, 3.05) is 5.73 Å². The summed E-state index contributed by atoms with van der Waals surface area (Å²) in [6, 6.07) is 4.68. The van der Waals surface area contributed by atoms with Gasteiger partial charge in [0.05, 0.1) is 17.0 Å². The molecule has 7 nitrogen and oxygen atoms in total. The van der Waals surface area contributed by atoms with E-state index in [4.69, 9.17) is 5.73 Å². The molecule has 3 N–H and O–H groups in total. The Morgan fingerprint density at radius 1 is 1.21 bits per heavy atom. The van der Waals surface area contributed by atoms with E-state index in [1.807, 2.05) is 0 Å². The molecule has 3 rings (SSSR count). The third kappa shape index (κ3) is 2.67. The number of benzene rings is 1. The number of ketones is 2. The first kappa shape index (κ1) is 15.5. The van der Waals surface area contributed by atoms with Gasteiger partial charge in [-0.1, -0.05) is 12.1 Å². The molecule has 1 aliphatic rings. The highest BCUT2D eigenvalue weighted by Crippen LogP contribution is 2.30. The number of rotatable bonds is 3. The first-order chi connectivity index (χ1) is 11.5. The third-order valence-corrected chi connectivity index (χ3v) is 3.65. The van der Waals surface area contributed by atoms with Crippen LogP contribution in [-0.4, -0.2) is 27.4 Å². The minimum atomic E-state index is -0.439. The highest BCUT2D eigenvalue weighted by atomic mass is 16.2. The monoisotopic (exact) mass is 322 g/mol. The molecule has 0 fully saturated rings. The predicted molar refractivity (Wildman–Crippen MR) is 86.1 cm³/mol. The lowest BCUT2D eigenvalue weighted by molar-refractivity contribution is -0.118. The molecule has 7 heteroatoms. The quantitative estimate of drug-likeness (QED) is 0.817. The summed E-state index contributed by atoms with van der Waals surface area (Å²) in [5.74, 6) is -1.27. The Labute approximate surface area is 137 Å². The molecule has 0 unspecified atom stereocenters. The van der Waals surface area contributed by atoms with Crippen LogP contribution in [0.2, 0.25) is 0 Å². The van der Waals surface area contributed by atoms with Gasteiger partial charge >= 0.3 is 0 Å². The Balaban J connectivity index is 2.16. The number of nitrogens with one attached hydrogen (secondary N) is 1. The molecule has 1 aromatic heterocycles. The summed E-state index contributed by atoms with van der Waals surface area (Å²) in [5.41, 5.74) is 7.09. The van der Waals surface area contributed by atoms with Gasteiger partial charge in [0.15, 0.2) is 5.78 Å². The second-order valence-corrected chi connectivity index (χ2v) is 5.34. The summed E-state index contributed by atoms with van der Waals surface area (Å²) in [6.45, 7) is 1.28. The maximum Gasteiger partial charge on any atom is 0.221 e. The smallest absolute Gasteiger partial charge is 0.221 e. The van der Waals surface area contributed by atoms with Crippen molar-refractivity contribution in [1.29, 1.82) is 0 Å². The van der Waals surface area contributed by atoms with Gasteiger partial charge in [0.25, 0.3) is 0 Å². The van der Waals surface area contributed by atoms with Crippen molar-refractivity contribution >= 4 is 23.2 Å². The van der Waals surface area contributed by atoms with Crippen LogP contribution in [0, 0.1) is 0 Å². The van der Waals surface area contributed by atoms with Crippen molar-refractivity contribution < 1.29 is 14.4 Å². The van der Waals surface area contributed by atoms with Gasteiger partial charge in [0.2, 0.25) is 11.7 Å². The van der Waals surface area contributed by atoms with Crippen LogP contribution in [0.15, 0.2) is 48.1 Å². The normalized spacial score (nSPS) is 13.7. The maximum atomic E-state index is 12.9. The van der Waals surface area contributed by atoms with Gasteiger partial charge in [-0.05, 0) is 6.07 Å². The number of nitrogen functional groups attached to an aromatic ring is 1. The van der Waals surface area contributed by atoms with Crippen LogP contribution >= 0.6 is 0 Å². The largest absolute Gasteiger partial charge is 0.398 e. The van der Waals surface area contributed by atoms with Crippen LogP contribution in [0.5, 0.6) is 0 Å². The van der Waals surface area contributed by atoms with Crippen molar-refractivity contribution in [1.82, 2.24) is 15.3 Å². The second kappa shape index (κ2) is 6.04. The van der Waals surface area contributed by atoms with E-state index < -0.39 is 17.5 Å². The minimum Gasteiger partial charge on any atom is -0.398 e. The van der Waals surface area contributed by atoms with Crippen LogP contribution in [0.25, 0.3) is 0 Å². The average Bonchev–Trinajstić information content (AvgIpc) is 2.56. The van der Waals surface area contributed by atoms with Crippen LogP contribution in [0.1, 0.15) is 33.3 Å². The summed E-state index contributed by atoms with van der Waals surface area (Å²) in [6.07, 6.45) is 4.57. The molecule has 1 amide bonds. The van der Waals surface area contributed by atoms with Gasteiger partial charge < -0.3 is 11.1 Å². The molecular weight excluding hydrogens is 308 g/mol. The van der Waals surface area contributed by atoms with E-state index in [0.29, 0.717) is 5.69 Å².